The molecule has 4 heteroatoms. The number of aliphatic carboxylic acids is 1. The van der Waals surface area contributed by atoms with E-state index >= 15 is 0 Å². The lowest BCUT2D eigenvalue weighted by molar-refractivity contribution is -0.172. The molecule has 3 N–H and O–H groups in total. The van der Waals surface area contributed by atoms with Crippen molar-refractivity contribution >= 4 is 5.97 Å². The van der Waals surface area contributed by atoms with Crippen molar-refractivity contribution in [3.05, 3.63) is 0 Å². The minimum Gasteiger partial charge on any atom is -0.481 e. The molecule has 4 fully saturated rings. The first-order valence-corrected chi connectivity index (χ1v) is 11.2. The number of hydrogen-bond donors (Lipinski definition) is 3. The molecular weight excluding hydrogens is 352 g/mol. The quantitative estimate of drug-likeness (QED) is 0.655. The summed E-state index contributed by atoms with van der Waals surface area (Å²) in [5, 5.41) is 30.8. The normalized spacial score (nSPS) is 57.4. The van der Waals surface area contributed by atoms with Gasteiger partial charge in [-0.05, 0) is 104 Å². The van der Waals surface area contributed by atoms with Crippen molar-refractivity contribution in [2.45, 2.75) is 97.1 Å². The molecule has 4 nitrogen and oxygen atoms in total. The van der Waals surface area contributed by atoms with Crippen LogP contribution in [0, 0.1) is 46.3 Å². The molecule has 0 radical (unpaired) electrons. The maximum Gasteiger partial charge on any atom is 0.303 e. The van der Waals surface area contributed by atoms with Gasteiger partial charge in [-0.2, -0.15) is 0 Å². The summed E-state index contributed by atoms with van der Waals surface area (Å²) in [7, 11) is 0. The second-order valence-corrected chi connectivity index (χ2v) is 10.8. The van der Waals surface area contributed by atoms with E-state index in [2.05, 4.69) is 13.8 Å². The first-order chi connectivity index (χ1) is 14.7. The Morgan fingerprint density at radius 2 is 1.82 bits per heavy atom. The Bertz CT molecular complexity index is 760. The average molecular weight is 397 g/mol. The molecule has 0 aromatic carbocycles. The third-order valence-electron chi connectivity index (χ3n) is 9.48. The van der Waals surface area contributed by atoms with E-state index in [1.165, 1.54) is 0 Å². The summed E-state index contributed by atoms with van der Waals surface area (Å²) in [5.74, 6) is -0.0364. The van der Waals surface area contributed by atoms with Crippen LogP contribution in [-0.4, -0.2) is 33.5 Å². The van der Waals surface area contributed by atoms with Crippen molar-refractivity contribution in [2.24, 2.45) is 46.3 Å². The van der Waals surface area contributed by atoms with Crippen LogP contribution >= 0.6 is 0 Å². The minimum absolute atomic E-state index is 0.0748. The Kier molecular flexibility index (Phi) is 4.19. The van der Waals surface area contributed by atoms with Gasteiger partial charge in [0.2, 0.25) is 0 Å². The van der Waals surface area contributed by atoms with Crippen molar-refractivity contribution in [3.63, 3.8) is 0 Å². The molecule has 0 aromatic rings. The molecule has 10 atom stereocenters. The zero-order valence-electron chi connectivity index (χ0n) is 21.5. The molecule has 0 spiro atoms. The lowest BCUT2D eigenvalue weighted by Crippen LogP contribution is -2.58. The predicted molar refractivity (Wildman–Crippen MR) is 109 cm³/mol. The molecule has 4 aliphatic carbocycles. The highest BCUT2D eigenvalue weighted by Gasteiger charge is 2.62. The lowest BCUT2D eigenvalue weighted by Gasteiger charge is -2.62. The van der Waals surface area contributed by atoms with E-state index in [1.807, 2.05) is 6.92 Å². The number of aliphatic hydroxyl groups excluding tert-OH is 2. The van der Waals surface area contributed by atoms with Gasteiger partial charge in [-0.15, -0.1) is 0 Å². The van der Waals surface area contributed by atoms with Gasteiger partial charge in [0.05, 0.1) is 12.2 Å². The van der Waals surface area contributed by atoms with Crippen molar-refractivity contribution in [3.8, 4) is 0 Å². The number of hydrogen-bond acceptors (Lipinski definition) is 3. The van der Waals surface area contributed by atoms with E-state index in [-0.39, 0.29) is 30.1 Å². The number of carboxylic acids is 1. The fourth-order valence-electron chi connectivity index (χ4n) is 8.14. The van der Waals surface area contributed by atoms with Gasteiger partial charge < -0.3 is 15.3 Å². The Labute approximate surface area is 175 Å². The van der Waals surface area contributed by atoms with Gasteiger partial charge in [0.15, 0.2) is 0 Å². The molecule has 0 bridgehead atoms. The van der Waals surface area contributed by atoms with Crippen molar-refractivity contribution in [2.75, 3.05) is 0 Å². The third kappa shape index (κ3) is 3.14. The highest BCUT2D eigenvalue weighted by molar-refractivity contribution is 5.66. The van der Waals surface area contributed by atoms with Crippen LogP contribution < -0.4 is 0 Å². The van der Waals surface area contributed by atoms with Crippen molar-refractivity contribution < 1.29 is 25.6 Å². The lowest BCUT2D eigenvalue weighted by atomic mass is 9.44. The van der Waals surface area contributed by atoms with Crippen LogP contribution in [0.4, 0.5) is 0 Å². The molecule has 0 aliphatic heterocycles. The van der Waals surface area contributed by atoms with Crippen molar-refractivity contribution in [1.29, 1.82) is 0 Å². The van der Waals surface area contributed by atoms with E-state index in [4.69, 9.17) is 10.6 Å². The number of rotatable bonds is 4. The highest BCUT2D eigenvalue weighted by Crippen LogP contribution is 2.68. The Morgan fingerprint density at radius 1 is 1.11 bits per heavy atom. The first kappa shape index (κ1) is 16.1. The third-order valence-corrected chi connectivity index (χ3v) is 9.48. The zero-order chi connectivity index (χ0) is 23.9. The number of aliphatic hydroxyl groups is 2. The van der Waals surface area contributed by atoms with E-state index in [9.17, 15) is 15.0 Å². The summed E-state index contributed by atoms with van der Waals surface area (Å²) >= 11 is 0. The van der Waals surface area contributed by atoms with Crippen molar-refractivity contribution in [1.82, 2.24) is 0 Å². The summed E-state index contributed by atoms with van der Waals surface area (Å²) in [6.07, 6.45) is -1.43. The van der Waals surface area contributed by atoms with Crippen LogP contribution in [0.25, 0.3) is 0 Å². The monoisotopic (exact) mass is 396 g/mol. The smallest absolute Gasteiger partial charge is 0.303 e. The number of carboxylic acid groups (broad SMARTS) is 1. The molecule has 4 saturated carbocycles. The molecule has 0 amide bonds. The standard InChI is InChI=1S/C24H40O4/c1-14(4-7-22(27)28)17-5-6-18-16-13-21(26)20-12-15(25)8-10-24(20,3)19(16)9-11-23(17,18)2/h14-21,25-26H,4-13H2,1-3H3,(H,27,28)/t14-,15+,16+,17-,18+,19+,20+,21+,23-,24-/m1/s1/i8D2,12D2. The van der Waals surface area contributed by atoms with Gasteiger partial charge in [-0.3, -0.25) is 4.79 Å². The summed E-state index contributed by atoms with van der Waals surface area (Å²) < 4.78 is 34.0. The Balaban J connectivity index is 1.63. The highest BCUT2D eigenvalue weighted by atomic mass is 16.4. The minimum atomic E-state index is -2.18. The summed E-state index contributed by atoms with van der Waals surface area (Å²) in [5.41, 5.74) is -0.628. The Hall–Kier alpha value is -0.610. The van der Waals surface area contributed by atoms with Gasteiger partial charge >= 0.3 is 5.97 Å². The molecule has 4 rings (SSSR count). The second kappa shape index (κ2) is 7.27. The predicted octanol–water partition coefficient (Wildman–Crippen LogP) is 4.48. The maximum absolute atomic E-state index is 11.2. The van der Waals surface area contributed by atoms with Crippen LogP contribution in [0.5, 0.6) is 0 Å². The Morgan fingerprint density at radius 3 is 2.54 bits per heavy atom. The van der Waals surface area contributed by atoms with Gasteiger partial charge in [0, 0.05) is 11.9 Å². The molecule has 4 aliphatic rings. The molecule has 28 heavy (non-hydrogen) atoms. The first-order valence-electron chi connectivity index (χ1n) is 13.2. The fourth-order valence-corrected chi connectivity index (χ4v) is 8.14. The fraction of sp³-hybridized carbons (Fsp3) is 0.958. The second-order valence-electron chi connectivity index (χ2n) is 10.8. The van der Waals surface area contributed by atoms with Gasteiger partial charge in [0.25, 0.3) is 0 Å². The molecule has 0 aromatic heterocycles. The summed E-state index contributed by atoms with van der Waals surface area (Å²) in [4.78, 5) is 11.1. The van der Waals surface area contributed by atoms with E-state index < -0.39 is 42.3 Å². The van der Waals surface area contributed by atoms with Crippen LogP contribution in [0.15, 0.2) is 0 Å². The molecular formula is C24H40O4. The van der Waals surface area contributed by atoms with E-state index in [0.29, 0.717) is 30.6 Å². The topological polar surface area (TPSA) is 77.8 Å². The average Bonchev–Trinajstić information content (AvgIpc) is 3.01. The summed E-state index contributed by atoms with van der Waals surface area (Å²) in [6.45, 7) is 6.47. The number of carbonyl (C=O) groups is 1. The SMILES string of the molecule is [2H]C1([2H])C[C@@]2(C)[C@H]([C@@H](O)C[C@@H]3[C@@H]2CC[C@]2(C)[C@@H]([C@H](C)CCC(=O)O)CC[C@@H]32)C([2H])([2H])[C@H]1O. The van der Waals surface area contributed by atoms with Gasteiger partial charge in [0.1, 0.15) is 0 Å². The van der Waals surface area contributed by atoms with Gasteiger partial charge in [-0.25, -0.2) is 0 Å². The van der Waals surface area contributed by atoms with E-state index in [0.717, 1.165) is 25.7 Å². The largest absolute Gasteiger partial charge is 0.481 e. The summed E-state index contributed by atoms with van der Waals surface area (Å²) in [6, 6.07) is 0. The van der Waals surface area contributed by atoms with Crippen LogP contribution in [0.1, 0.15) is 90.4 Å². The maximum atomic E-state index is 11.2. The van der Waals surface area contributed by atoms with Crippen LogP contribution in [0.3, 0.4) is 0 Å². The van der Waals surface area contributed by atoms with Gasteiger partial charge in [-0.1, -0.05) is 20.8 Å². The molecule has 160 valence electrons. The molecule has 0 saturated heterocycles. The van der Waals surface area contributed by atoms with Crippen LogP contribution in [-0.2, 0) is 4.79 Å². The molecule has 0 unspecified atom stereocenters. The molecule has 0 heterocycles. The van der Waals surface area contributed by atoms with E-state index in [1.54, 1.807) is 0 Å². The van der Waals surface area contributed by atoms with Crippen LogP contribution in [0.2, 0.25) is 0 Å². The number of fused-ring (bicyclic) bond motifs is 5. The zero-order valence-corrected chi connectivity index (χ0v) is 17.5.